The molecule has 1 aromatic heterocycles. The van der Waals surface area contributed by atoms with Gasteiger partial charge in [0.25, 0.3) is 0 Å². The maximum atomic E-state index is 5.97. The van der Waals surface area contributed by atoms with Crippen LogP contribution in [0.3, 0.4) is 0 Å². The Morgan fingerprint density at radius 3 is 2.73 bits per heavy atom. The van der Waals surface area contributed by atoms with E-state index in [4.69, 9.17) is 9.47 Å². The van der Waals surface area contributed by atoms with Crippen molar-refractivity contribution in [2.24, 2.45) is 0 Å². The molecule has 0 radical (unpaired) electrons. The van der Waals surface area contributed by atoms with Gasteiger partial charge < -0.3 is 14.8 Å². The minimum Gasteiger partial charge on any atom is -0.493 e. The molecule has 0 amide bonds. The molecule has 0 unspecified atom stereocenters. The Balaban J connectivity index is 1.56. The maximum Gasteiger partial charge on any atom is 0.161 e. The molecular formula is C21H23N3O2. The predicted molar refractivity (Wildman–Crippen MR) is 101 cm³/mol. The lowest BCUT2D eigenvalue weighted by Crippen LogP contribution is -2.23. The predicted octanol–water partition coefficient (Wildman–Crippen LogP) is 3.62. The van der Waals surface area contributed by atoms with E-state index in [-0.39, 0.29) is 0 Å². The number of aromatic nitrogens is 2. The Bertz CT molecular complexity index is 900. The van der Waals surface area contributed by atoms with Gasteiger partial charge in [0.15, 0.2) is 11.5 Å². The van der Waals surface area contributed by atoms with Crippen LogP contribution in [-0.2, 0) is 19.6 Å². The second-order valence-corrected chi connectivity index (χ2v) is 6.60. The van der Waals surface area contributed by atoms with Crippen molar-refractivity contribution in [3.63, 3.8) is 0 Å². The summed E-state index contributed by atoms with van der Waals surface area (Å²) in [6.45, 7) is 4.42. The molecule has 0 fully saturated rings. The summed E-state index contributed by atoms with van der Waals surface area (Å²) >= 11 is 0. The number of fused-ring (bicyclic) bond motifs is 1. The van der Waals surface area contributed by atoms with E-state index in [1.54, 1.807) is 7.11 Å². The van der Waals surface area contributed by atoms with Gasteiger partial charge in [0.05, 0.1) is 12.8 Å². The summed E-state index contributed by atoms with van der Waals surface area (Å²) in [4.78, 5) is 0. The number of nitrogens with zero attached hydrogens (tertiary/aromatic N) is 1. The third-order valence-corrected chi connectivity index (χ3v) is 4.76. The molecule has 0 aliphatic carbocycles. The van der Waals surface area contributed by atoms with Gasteiger partial charge in [0.1, 0.15) is 6.61 Å². The summed E-state index contributed by atoms with van der Waals surface area (Å²) in [6.07, 6.45) is 0.983. The van der Waals surface area contributed by atoms with Crippen molar-refractivity contribution in [1.82, 2.24) is 15.5 Å². The molecule has 2 N–H and O–H groups in total. The molecule has 5 nitrogen and oxygen atoms in total. The third kappa shape index (κ3) is 3.30. The van der Waals surface area contributed by atoms with Crippen LogP contribution in [0.1, 0.15) is 22.4 Å². The number of nitrogens with one attached hydrogen (secondary N) is 2. The smallest absolute Gasteiger partial charge is 0.161 e. The van der Waals surface area contributed by atoms with E-state index in [0.717, 1.165) is 47.8 Å². The molecule has 0 bridgehead atoms. The zero-order valence-electron chi connectivity index (χ0n) is 15.1. The van der Waals surface area contributed by atoms with Crippen LogP contribution in [0.4, 0.5) is 0 Å². The van der Waals surface area contributed by atoms with Gasteiger partial charge in [-0.1, -0.05) is 29.8 Å². The third-order valence-electron chi connectivity index (χ3n) is 4.76. The van der Waals surface area contributed by atoms with Gasteiger partial charge in [-0.2, -0.15) is 5.10 Å². The summed E-state index contributed by atoms with van der Waals surface area (Å²) in [5, 5.41) is 11.1. The number of ether oxygens (including phenoxy) is 2. The van der Waals surface area contributed by atoms with Crippen molar-refractivity contribution in [3.8, 4) is 22.8 Å². The quantitative estimate of drug-likeness (QED) is 0.739. The Kier molecular flexibility index (Phi) is 4.63. The van der Waals surface area contributed by atoms with Crippen LogP contribution in [0.15, 0.2) is 42.5 Å². The van der Waals surface area contributed by atoms with Gasteiger partial charge in [0.2, 0.25) is 0 Å². The minimum absolute atomic E-state index is 0.512. The fraction of sp³-hybridized carbons (Fsp3) is 0.286. The van der Waals surface area contributed by atoms with Gasteiger partial charge >= 0.3 is 0 Å². The highest BCUT2D eigenvalue weighted by Crippen LogP contribution is 2.34. The Morgan fingerprint density at radius 2 is 1.92 bits per heavy atom. The van der Waals surface area contributed by atoms with Crippen molar-refractivity contribution in [3.05, 3.63) is 64.8 Å². The van der Waals surface area contributed by atoms with Crippen molar-refractivity contribution >= 4 is 0 Å². The first kappa shape index (κ1) is 16.7. The monoisotopic (exact) mass is 349 g/mol. The van der Waals surface area contributed by atoms with E-state index in [2.05, 4.69) is 46.7 Å². The van der Waals surface area contributed by atoms with E-state index in [0.29, 0.717) is 6.61 Å². The van der Waals surface area contributed by atoms with Gasteiger partial charge in [0, 0.05) is 36.3 Å². The largest absolute Gasteiger partial charge is 0.493 e. The first-order valence-electron chi connectivity index (χ1n) is 8.88. The molecule has 0 atom stereocenters. The number of rotatable bonds is 5. The van der Waals surface area contributed by atoms with Gasteiger partial charge in [-0.05, 0) is 30.7 Å². The average Bonchev–Trinajstić information content (AvgIpc) is 3.11. The lowest BCUT2D eigenvalue weighted by molar-refractivity contribution is 0.284. The van der Waals surface area contributed by atoms with E-state index in [1.807, 2.05) is 18.2 Å². The fourth-order valence-corrected chi connectivity index (χ4v) is 3.24. The Morgan fingerprint density at radius 1 is 1.08 bits per heavy atom. The number of hydrogen-bond acceptors (Lipinski definition) is 4. The summed E-state index contributed by atoms with van der Waals surface area (Å²) in [6, 6.07) is 14.3. The molecule has 134 valence electrons. The van der Waals surface area contributed by atoms with Crippen LogP contribution >= 0.6 is 0 Å². The van der Waals surface area contributed by atoms with Crippen molar-refractivity contribution in [2.75, 3.05) is 13.7 Å². The topological polar surface area (TPSA) is 59.2 Å². The second kappa shape index (κ2) is 7.22. The highest BCUT2D eigenvalue weighted by atomic mass is 16.5. The Hall–Kier alpha value is -2.79. The molecular weight excluding hydrogens is 326 g/mol. The van der Waals surface area contributed by atoms with Gasteiger partial charge in [-0.3, -0.25) is 5.10 Å². The van der Waals surface area contributed by atoms with Crippen molar-refractivity contribution in [1.29, 1.82) is 0 Å². The molecule has 1 aliphatic rings. The number of hydrogen-bond donors (Lipinski definition) is 2. The molecule has 3 aromatic rings. The van der Waals surface area contributed by atoms with E-state index >= 15 is 0 Å². The van der Waals surface area contributed by atoms with E-state index in [9.17, 15) is 0 Å². The lowest BCUT2D eigenvalue weighted by atomic mass is 10.0. The van der Waals surface area contributed by atoms with Crippen LogP contribution in [0.5, 0.6) is 11.5 Å². The van der Waals surface area contributed by atoms with Crippen LogP contribution in [0, 0.1) is 6.92 Å². The summed E-state index contributed by atoms with van der Waals surface area (Å²) in [7, 11) is 1.67. The van der Waals surface area contributed by atoms with Crippen LogP contribution in [0.25, 0.3) is 11.3 Å². The second-order valence-electron chi connectivity index (χ2n) is 6.60. The lowest BCUT2D eigenvalue weighted by Gasteiger charge is -2.14. The fourth-order valence-electron chi connectivity index (χ4n) is 3.24. The molecule has 0 saturated carbocycles. The number of methoxy groups -OCH3 is 1. The summed E-state index contributed by atoms with van der Waals surface area (Å²) in [5.41, 5.74) is 6.85. The summed E-state index contributed by atoms with van der Waals surface area (Å²) < 4.78 is 11.5. The van der Waals surface area contributed by atoms with Gasteiger partial charge in [-0.25, -0.2) is 0 Å². The minimum atomic E-state index is 0.512. The number of aryl methyl sites for hydroxylation is 1. The van der Waals surface area contributed by atoms with Gasteiger partial charge in [-0.15, -0.1) is 0 Å². The molecule has 26 heavy (non-hydrogen) atoms. The zero-order valence-corrected chi connectivity index (χ0v) is 15.1. The molecule has 0 spiro atoms. The molecule has 2 heterocycles. The Labute approximate surface area is 153 Å². The highest BCUT2D eigenvalue weighted by molar-refractivity contribution is 5.68. The first-order valence-corrected chi connectivity index (χ1v) is 8.88. The van der Waals surface area contributed by atoms with Crippen molar-refractivity contribution in [2.45, 2.75) is 26.5 Å². The molecule has 0 saturated heterocycles. The van der Waals surface area contributed by atoms with Crippen LogP contribution in [-0.4, -0.2) is 23.9 Å². The average molecular weight is 349 g/mol. The first-order chi connectivity index (χ1) is 12.7. The number of benzene rings is 2. The number of H-pyrrole nitrogens is 1. The molecule has 5 heteroatoms. The highest BCUT2D eigenvalue weighted by Gasteiger charge is 2.18. The van der Waals surface area contributed by atoms with Crippen LogP contribution < -0.4 is 14.8 Å². The molecule has 4 rings (SSSR count). The molecule has 2 aromatic carbocycles. The summed E-state index contributed by atoms with van der Waals surface area (Å²) in [5.74, 6) is 1.45. The SMILES string of the molecule is COc1cc(-c2n[nH]c3c2CNCC3)ccc1OCc1ccc(C)cc1. The van der Waals surface area contributed by atoms with E-state index in [1.165, 1.54) is 16.8 Å². The normalized spacial score (nSPS) is 13.3. The zero-order chi connectivity index (χ0) is 17.9. The maximum absolute atomic E-state index is 5.97. The van der Waals surface area contributed by atoms with Crippen molar-refractivity contribution < 1.29 is 9.47 Å². The molecule has 1 aliphatic heterocycles. The standard InChI is InChI=1S/C21H23N3O2/c1-14-3-5-15(6-4-14)13-26-19-8-7-16(11-20(19)25-2)21-17-12-22-10-9-18(17)23-24-21/h3-8,11,22H,9-10,12-13H2,1-2H3,(H,23,24). The van der Waals surface area contributed by atoms with E-state index < -0.39 is 0 Å². The number of aromatic amines is 1. The van der Waals surface area contributed by atoms with Crippen LogP contribution in [0.2, 0.25) is 0 Å².